The molecule has 9 aromatic carbocycles. The Bertz CT molecular complexity index is 4860. The molecule has 1 saturated heterocycles. The number of aromatic hydroxyl groups is 4. The van der Waals surface area contributed by atoms with E-state index in [1.165, 1.54) is 39.6 Å². The summed E-state index contributed by atoms with van der Waals surface area (Å²) in [6.07, 6.45) is 22.0. The first-order chi connectivity index (χ1) is 65.1. The molecule has 0 bridgehead atoms. The maximum Gasteiger partial charge on any atom is 0.312 e. The Morgan fingerprint density at radius 3 is 0.906 bits per heavy atom. The van der Waals surface area contributed by atoms with Gasteiger partial charge in [0.1, 0.15) is 58.1 Å². The maximum absolute atomic E-state index is 12.5. The number of aryl methyl sites for hydroxylation is 1. The van der Waals surface area contributed by atoms with Crippen LogP contribution in [0.15, 0.2) is 224 Å². The highest BCUT2D eigenvalue weighted by atomic mass is 16.6. The second kappa shape index (κ2) is 55.9. The molecule has 16 nitrogen and oxygen atoms in total. The lowest BCUT2D eigenvalue weighted by Gasteiger charge is -2.39. The highest BCUT2D eigenvalue weighted by Gasteiger charge is 2.46. The predicted molar refractivity (Wildman–Crippen MR) is 564 cm³/mol. The average molecular weight is 1890 g/mol. The second-order valence-corrected chi connectivity index (χ2v) is 41.9. The Morgan fingerprint density at radius 1 is 0.341 bits per heavy atom. The zero-order valence-corrected chi connectivity index (χ0v) is 88.9. The van der Waals surface area contributed by atoms with E-state index in [4.69, 9.17) is 48.8 Å². The van der Waals surface area contributed by atoms with Crippen molar-refractivity contribution in [3.63, 3.8) is 0 Å². The highest BCUT2D eigenvalue weighted by Crippen LogP contribution is 2.47. The van der Waals surface area contributed by atoms with Crippen molar-refractivity contribution in [3.8, 4) is 23.0 Å². The number of benzene rings is 9. The predicted octanol–water partition coefficient (Wildman–Crippen LogP) is 32.0. The van der Waals surface area contributed by atoms with Gasteiger partial charge < -0.3 is 48.8 Å². The number of esters is 6. The molecule has 13 rings (SSSR count). The maximum atomic E-state index is 12.5. The van der Waals surface area contributed by atoms with Crippen molar-refractivity contribution in [1.82, 2.24) is 0 Å². The molecule has 0 spiro atoms. The largest absolute Gasteiger partial charge is 0.508 e. The normalized spacial score (nSPS) is 16.0. The molecule has 756 valence electrons. The number of phenolic OH excluding ortho intramolecular Hbond substituents is 4. The summed E-state index contributed by atoms with van der Waals surface area (Å²) in [6.45, 7) is 52.9. The van der Waals surface area contributed by atoms with E-state index >= 15 is 0 Å². The lowest BCUT2D eigenvalue weighted by molar-refractivity contribution is -0.176. The van der Waals surface area contributed by atoms with Crippen molar-refractivity contribution in [2.45, 2.75) is 380 Å². The summed E-state index contributed by atoms with van der Waals surface area (Å²) in [7, 11) is 0. The van der Waals surface area contributed by atoms with Crippen molar-refractivity contribution in [1.29, 1.82) is 0 Å². The zero-order chi connectivity index (χ0) is 103. The number of phenols is 4. The summed E-state index contributed by atoms with van der Waals surface area (Å²) in [5, 5.41) is 38.4. The van der Waals surface area contributed by atoms with E-state index in [-0.39, 0.29) is 60.5 Å². The summed E-state index contributed by atoms with van der Waals surface area (Å²) in [5.41, 5.74) is 6.95. The van der Waals surface area contributed by atoms with E-state index in [0.717, 1.165) is 156 Å². The molecule has 5 atom stereocenters. The van der Waals surface area contributed by atoms with E-state index < -0.39 is 43.9 Å². The number of carbonyl (C=O) groups is 6. The highest BCUT2D eigenvalue weighted by molar-refractivity contribution is 5.84. The fourth-order valence-corrected chi connectivity index (χ4v) is 15.4. The molecule has 3 saturated carbocycles. The number of fused-ring (bicyclic) bond motifs is 1. The van der Waals surface area contributed by atoms with E-state index in [1.54, 1.807) is 48.5 Å². The van der Waals surface area contributed by atoms with Crippen LogP contribution in [0.25, 0.3) is 10.8 Å². The monoisotopic (exact) mass is 1890 g/mol. The van der Waals surface area contributed by atoms with Crippen LogP contribution in [0.1, 0.15) is 395 Å². The molecule has 0 amide bonds. The molecule has 138 heavy (non-hydrogen) atoms. The fourth-order valence-electron chi connectivity index (χ4n) is 15.4. The van der Waals surface area contributed by atoms with E-state index in [1.807, 2.05) is 221 Å². The summed E-state index contributed by atoms with van der Waals surface area (Å²) in [6, 6.07) is 73.0. The fraction of sp³-hybridized carbons (Fsp3) is 0.525. The van der Waals surface area contributed by atoms with Gasteiger partial charge in [0.25, 0.3) is 0 Å². The van der Waals surface area contributed by atoms with E-state index in [2.05, 4.69) is 135 Å². The van der Waals surface area contributed by atoms with Crippen LogP contribution in [0, 0.1) is 34.0 Å². The van der Waals surface area contributed by atoms with Gasteiger partial charge in [-0.25, -0.2) is 0 Å². The van der Waals surface area contributed by atoms with Crippen molar-refractivity contribution >= 4 is 46.6 Å². The van der Waals surface area contributed by atoms with Gasteiger partial charge in [-0.05, 0) is 358 Å². The summed E-state index contributed by atoms with van der Waals surface area (Å²) in [4.78, 5) is 72.0. The van der Waals surface area contributed by atoms with Gasteiger partial charge in [0.05, 0.1) is 33.5 Å². The smallest absolute Gasteiger partial charge is 0.312 e. The van der Waals surface area contributed by atoms with Gasteiger partial charge in [-0.3, -0.25) is 28.8 Å². The first-order valence-electron chi connectivity index (χ1n) is 51.2. The summed E-state index contributed by atoms with van der Waals surface area (Å²) >= 11 is 0. The third-order valence-corrected chi connectivity index (χ3v) is 28.9. The van der Waals surface area contributed by atoms with Crippen LogP contribution in [0.5, 0.6) is 23.0 Å². The number of rotatable bonds is 27. The minimum absolute atomic E-state index is 0.0641. The third-order valence-electron chi connectivity index (χ3n) is 28.9. The number of carbonyl (C=O) groups excluding carboxylic acids is 6. The molecule has 16 heteroatoms. The van der Waals surface area contributed by atoms with Gasteiger partial charge in [0, 0.05) is 0 Å². The molecule has 1 aliphatic heterocycles. The quantitative estimate of drug-likeness (QED) is 0.0276. The van der Waals surface area contributed by atoms with Gasteiger partial charge in [-0.1, -0.05) is 272 Å². The molecule has 9 aromatic rings. The Labute approximate surface area is 830 Å². The Kier molecular flexibility index (Phi) is 47.7. The van der Waals surface area contributed by atoms with Crippen LogP contribution >= 0.6 is 0 Å². The van der Waals surface area contributed by atoms with E-state index in [0.29, 0.717) is 53.1 Å². The number of hydrogen-bond donors (Lipinski definition) is 4. The molecule has 0 aromatic heterocycles. The molecule has 4 aliphatic rings. The van der Waals surface area contributed by atoms with Crippen LogP contribution in [-0.4, -0.2) is 69.0 Å². The summed E-state index contributed by atoms with van der Waals surface area (Å²) < 4.78 is 33.8. The molecule has 1 heterocycles. The Morgan fingerprint density at radius 2 is 0.616 bits per heavy atom. The lowest BCUT2D eigenvalue weighted by atomic mass is 9.79. The standard InChI is InChI=1S/C19H24O2.2C18H26O2.C17H24O2.C10H16O4.4C10H14O/c1-6-18(2,3)17(20)21-19(4,5)16-12-11-14-9-7-8-10-15(14)13-16;1-5-17(3,4)16(19)20-18(12-6-7-13-18)15-10-8-14(2)9-11-15;1-4-17(2,3)16(19)20-18(13-9-6-10-14-18)15-11-7-5-8-12-15;1-4-16(2,3)15(18)19-17(12-8-9-13-17)14-10-6-5-7-11-14;1-4-10(2,3)9(12)14-7-5-8(11)13-6-7;4*1-3-8(2)9-4-6-10(11)7-5-9/h7-13H,6H2,1-5H3;8-11H,5-7,12-13H2,1-4H3;5,7-8,11-12H,4,6,9-10,13-14H2,1-3H3;5-7,10-11H,4,8-9,12-13H2,1-3H3;7H,4-6H2,1-3H3;4*4-8,11H,3H2,1-2H3. The SMILES string of the molecule is CCC(C)(C)C(=O)OC(C)(C)c1ccc2ccccc2c1.CCC(C)(C)C(=O)OC1(c2ccc(C)cc2)CCCC1.CCC(C)(C)C(=O)OC1(c2ccccc2)CCCC1.CCC(C)(C)C(=O)OC1(c2ccccc2)CCCCC1.CCC(C)(C)C(=O)OC1COC(=O)C1.CCC(C)c1ccc(O)cc1.CCC(C)c1ccc(O)cc1.CCC(C)c1ccc(O)cc1.CCC(C)c1ccc(O)cc1. The average Bonchev–Trinajstić information content (AvgIpc) is 1.55. The minimum Gasteiger partial charge on any atom is -0.508 e. The molecular formula is C122H172O16. The van der Waals surface area contributed by atoms with Crippen molar-refractivity contribution in [2.24, 2.45) is 27.1 Å². The number of hydrogen-bond acceptors (Lipinski definition) is 16. The number of ether oxygens (including phenoxy) is 6. The minimum atomic E-state index is -0.631. The van der Waals surface area contributed by atoms with E-state index in [9.17, 15) is 28.8 Å². The topological polar surface area (TPSA) is 239 Å². The Balaban J connectivity index is 0.000000277. The van der Waals surface area contributed by atoms with Gasteiger partial charge >= 0.3 is 35.8 Å². The van der Waals surface area contributed by atoms with Crippen LogP contribution in [0.2, 0.25) is 0 Å². The van der Waals surface area contributed by atoms with Crippen molar-refractivity contribution < 1.29 is 77.6 Å². The van der Waals surface area contributed by atoms with Crippen molar-refractivity contribution in [2.75, 3.05) is 6.61 Å². The molecular weight excluding hydrogens is 1720 g/mol. The zero-order valence-electron chi connectivity index (χ0n) is 88.9. The molecule has 4 fully saturated rings. The second-order valence-electron chi connectivity index (χ2n) is 41.9. The molecule has 4 N–H and O–H groups in total. The Hall–Kier alpha value is -10.7. The first-order valence-corrected chi connectivity index (χ1v) is 51.2. The van der Waals surface area contributed by atoms with Gasteiger partial charge in [-0.15, -0.1) is 0 Å². The molecule has 0 radical (unpaired) electrons. The van der Waals surface area contributed by atoms with Gasteiger partial charge in [-0.2, -0.15) is 0 Å². The summed E-state index contributed by atoms with van der Waals surface area (Å²) in [5.74, 6) is 2.85. The lowest BCUT2D eigenvalue weighted by Crippen LogP contribution is -2.39. The van der Waals surface area contributed by atoms with Crippen LogP contribution in [-0.2, 0) is 79.6 Å². The van der Waals surface area contributed by atoms with Crippen LogP contribution in [0.4, 0.5) is 0 Å². The van der Waals surface area contributed by atoms with Crippen molar-refractivity contribution in [3.05, 3.63) is 275 Å². The van der Waals surface area contributed by atoms with Gasteiger partial charge in [0.15, 0.2) is 0 Å². The number of cyclic esters (lactones) is 1. The third kappa shape index (κ3) is 36.8. The first kappa shape index (κ1) is 118. The van der Waals surface area contributed by atoms with Crippen LogP contribution < -0.4 is 0 Å². The molecule has 3 aliphatic carbocycles. The van der Waals surface area contributed by atoms with Crippen LogP contribution in [0.3, 0.4) is 0 Å². The molecule has 5 unspecified atom stereocenters. The van der Waals surface area contributed by atoms with Gasteiger partial charge in [0.2, 0.25) is 0 Å².